The normalized spacial score (nSPS) is 42.0. The lowest BCUT2D eigenvalue weighted by atomic mass is 10.2. The summed E-state index contributed by atoms with van der Waals surface area (Å²) in [4.78, 5) is 0. The summed E-state index contributed by atoms with van der Waals surface area (Å²) >= 11 is 0. The van der Waals surface area contributed by atoms with Gasteiger partial charge in [-0.15, -0.1) is 0 Å². The molecular weight excluding hydrogens is 94.0 g/mol. The van der Waals surface area contributed by atoms with Gasteiger partial charge < -0.3 is 15.6 Å². The molecule has 0 radical (unpaired) electrons. The van der Waals surface area contributed by atoms with Crippen molar-refractivity contribution in [2.75, 3.05) is 13.2 Å². The Bertz CT molecular complexity index is 58.7. The third-order valence-electron chi connectivity index (χ3n) is 1.16. The molecule has 3 nitrogen and oxygen atoms in total. The van der Waals surface area contributed by atoms with Crippen molar-refractivity contribution in [3.8, 4) is 0 Å². The van der Waals surface area contributed by atoms with Gasteiger partial charge in [0.05, 0.1) is 6.61 Å². The maximum Gasteiger partial charge on any atom is 0.136 e. The molecule has 0 bridgehead atoms. The number of hydrogen-bond donors (Lipinski definition) is 2. The van der Waals surface area contributed by atoms with Crippen molar-refractivity contribution in [1.82, 2.24) is 0 Å². The molecule has 1 saturated heterocycles. The second-order valence-electron chi connectivity index (χ2n) is 1.86. The molecule has 0 aromatic heterocycles. The molecule has 42 valence electrons. The summed E-state index contributed by atoms with van der Waals surface area (Å²) in [5.74, 6) is 0. The summed E-state index contributed by atoms with van der Waals surface area (Å²) in [6, 6.07) is 0.0972. The van der Waals surface area contributed by atoms with E-state index in [1.165, 1.54) is 0 Å². The molecule has 1 aliphatic rings. The molecule has 0 aromatic carbocycles. The van der Waals surface area contributed by atoms with E-state index in [0.717, 1.165) is 0 Å². The zero-order valence-corrected chi connectivity index (χ0v) is 4.13. The van der Waals surface area contributed by atoms with Gasteiger partial charge in [-0.25, -0.2) is 0 Å². The fourth-order valence-electron chi connectivity index (χ4n) is 0.587. The van der Waals surface area contributed by atoms with Crippen molar-refractivity contribution in [3.05, 3.63) is 0 Å². The molecule has 0 aliphatic carbocycles. The average molecular weight is 104 g/mol. The molecule has 1 aliphatic heterocycles. The molecule has 1 fully saturated rings. The van der Waals surface area contributed by atoms with Crippen LogP contribution in [-0.2, 0) is 4.74 Å². The van der Waals surface area contributed by atoms with Gasteiger partial charge in [0.1, 0.15) is 18.8 Å². The van der Waals surface area contributed by atoms with Crippen LogP contribution >= 0.6 is 0 Å². The van der Waals surface area contributed by atoms with Gasteiger partial charge >= 0.3 is 0 Å². The second-order valence-corrected chi connectivity index (χ2v) is 1.86. The van der Waals surface area contributed by atoms with Crippen LogP contribution in [0.25, 0.3) is 0 Å². The van der Waals surface area contributed by atoms with E-state index < -0.39 is 0 Å². The summed E-state index contributed by atoms with van der Waals surface area (Å²) in [6.07, 6.45) is -0.319. The van der Waals surface area contributed by atoms with Crippen LogP contribution in [0.4, 0.5) is 0 Å². The molecule has 4 N–H and O–H groups in total. The van der Waals surface area contributed by atoms with E-state index in [1.807, 2.05) is 0 Å². The third kappa shape index (κ3) is 0.907. The predicted molar refractivity (Wildman–Crippen MR) is 23.5 cm³/mol. The molecule has 0 saturated carbocycles. The van der Waals surface area contributed by atoms with Crippen LogP contribution in [-0.4, -0.2) is 30.5 Å². The lowest BCUT2D eigenvalue weighted by Gasteiger charge is -1.97. The van der Waals surface area contributed by atoms with Crippen molar-refractivity contribution in [2.45, 2.75) is 12.1 Å². The highest BCUT2D eigenvalue weighted by Crippen LogP contribution is 1.98. The van der Waals surface area contributed by atoms with E-state index in [2.05, 4.69) is 5.73 Å². The Morgan fingerprint density at radius 2 is 2.29 bits per heavy atom. The number of aliphatic hydroxyl groups excluding tert-OH is 1. The minimum atomic E-state index is -0.319. The van der Waals surface area contributed by atoms with E-state index in [1.54, 1.807) is 0 Å². The minimum absolute atomic E-state index is 0.0972. The van der Waals surface area contributed by atoms with Crippen LogP contribution in [0, 0.1) is 0 Å². The highest BCUT2D eigenvalue weighted by atomic mass is 16.5. The molecule has 1 rings (SSSR count). The van der Waals surface area contributed by atoms with Gasteiger partial charge in [0.25, 0.3) is 0 Å². The molecule has 0 aromatic rings. The predicted octanol–water partition coefficient (Wildman–Crippen LogP) is -2.01. The quantitative estimate of drug-likeness (QED) is 0.373. The summed E-state index contributed by atoms with van der Waals surface area (Å²) in [5.41, 5.74) is 3.64. The Balaban J connectivity index is 2.33. The number of rotatable bonds is 0. The summed E-state index contributed by atoms with van der Waals surface area (Å²) in [6.45, 7) is 1.08. The summed E-state index contributed by atoms with van der Waals surface area (Å²) in [7, 11) is 0. The Labute approximate surface area is 42.1 Å². The van der Waals surface area contributed by atoms with Crippen LogP contribution < -0.4 is 5.73 Å². The molecule has 7 heavy (non-hydrogen) atoms. The van der Waals surface area contributed by atoms with Crippen molar-refractivity contribution in [3.63, 3.8) is 0 Å². The standard InChI is InChI=1S/C4H9NO2/c5-3-1-7-2-4(3)6/h3-4,6H,1-2,5H2/p+1. The first-order valence-corrected chi connectivity index (χ1v) is 2.39. The van der Waals surface area contributed by atoms with Crippen molar-refractivity contribution >= 4 is 0 Å². The fraction of sp³-hybridized carbons (Fsp3) is 1.00. The van der Waals surface area contributed by atoms with E-state index in [-0.39, 0.29) is 12.1 Å². The molecular formula is C4H10NO2+. The number of aliphatic hydroxyl groups is 1. The Morgan fingerprint density at radius 3 is 2.43 bits per heavy atom. The maximum atomic E-state index is 8.81. The van der Waals surface area contributed by atoms with Crippen LogP contribution in [0.1, 0.15) is 0 Å². The smallest absolute Gasteiger partial charge is 0.136 e. The first-order valence-electron chi connectivity index (χ1n) is 2.39. The van der Waals surface area contributed by atoms with Gasteiger partial charge in [0.2, 0.25) is 0 Å². The van der Waals surface area contributed by atoms with Gasteiger partial charge in [-0.2, -0.15) is 0 Å². The zero-order chi connectivity index (χ0) is 5.28. The topological polar surface area (TPSA) is 57.1 Å². The molecule has 1 heterocycles. The molecule has 0 amide bonds. The van der Waals surface area contributed by atoms with Crippen molar-refractivity contribution in [1.29, 1.82) is 0 Å². The van der Waals surface area contributed by atoms with Gasteiger partial charge in [-0.1, -0.05) is 0 Å². The lowest BCUT2D eigenvalue weighted by molar-refractivity contribution is -0.429. The highest BCUT2D eigenvalue weighted by molar-refractivity contribution is 4.69. The lowest BCUT2D eigenvalue weighted by Crippen LogP contribution is -2.66. The van der Waals surface area contributed by atoms with Crippen LogP contribution in [0.5, 0.6) is 0 Å². The third-order valence-corrected chi connectivity index (χ3v) is 1.16. The minimum Gasteiger partial charge on any atom is -0.384 e. The van der Waals surface area contributed by atoms with Crippen molar-refractivity contribution in [2.24, 2.45) is 0 Å². The van der Waals surface area contributed by atoms with E-state index >= 15 is 0 Å². The van der Waals surface area contributed by atoms with Gasteiger partial charge in [-0.3, -0.25) is 0 Å². The van der Waals surface area contributed by atoms with Gasteiger partial charge in [-0.05, 0) is 0 Å². The SMILES string of the molecule is [NH3+]C1COCC1O. The molecule has 3 heteroatoms. The average Bonchev–Trinajstić information content (AvgIpc) is 1.91. The van der Waals surface area contributed by atoms with Crippen LogP contribution in [0.15, 0.2) is 0 Å². The molecule has 0 spiro atoms. The second kappa shape index (κ2) is 1.78. The highest BCUT2D eigenvalue weighted by Gasteiger charge is 2.24. The first-order chi connectivity index (χ1) is 3.30. The van der Waals surface area contributed by atoms with Crippen molar-refractivity contribution < 1.29 is 15.6 Å². The Kier molecular flexibility index (Phi) is 1.27. The Morgan fingerprint density at radius 1 is 1.57 bits per heavy atom. The molecule has 2 atom stereocenters. The van der Waals surface area contributed by atoms with Gasteiger partial charge in [0.15, 0.2) is 0 Å². The van der Waals surface area contributed by atoms with Gasteiger partial charge in [0, 0.05) is 0 Å². The largest absolute Gasteiger partial charge is 0.384 e. The zero-order valence-electron chi connectivity index (χ0n) is 4.13. The molecule has 2 unspecified atom stereocenters. The Hall–Kier alpha value is -0.120. The van der Waals surface area contributed by atoms with E-state index in [0.29, 0.717) is 13.2 Å². The maximum absolute atomic E-state index is 8.81. The van der Waals surface area contributed by atoms with Crippen LogP contribution in [0.3, 0.4) is 0 Å². The number of hydrogen-bond acceptors (Lipinski definition) is 2. The van der Waals surface area contributed by atoms with E-state index in [4.69, 9.17) is 9.84 Å². The number of ether oxygens (including phenoxy) is 1. The number of quaternary nitrogens is 1. The fourth-order valence-corrected chi connectivity index (χ4v) is 0.587. The summed E-state index contributed by atoms with van der Waals surface area (Å²) in [5, 5.41) is 8.81. The van der Waals surface area contributed by atoms with Crippen LogP contribution in [0.2, 0.25) is 0 Å². The first kappa shape index (κ1) is 5.03. The monoisotopic (exact) mass is 104 g/mol. The van der Waals surface area contributed by atoms with E-state index in [9.17, 15) is 0 Å². The summed E-state index contributed by atoms with van der Waals surface area (Å²) < 4.78 is 4.86.